The summed E-state index contributed by atoms with van der Waals surface area (Å²) in [6, 6.07) is 0. The molecule has 1 rings (SSSR count). The number of hydrogen-bond acceptors (Lipinski definition) is 3. The van der Waals surface area contributed by atoms with Crippen molar-refractivity contribution in [1.29, 1.82) is 0 Å². The maximum atomic E-state index is 8.74. The molecule has 0 spiro atoms. The van der Waals surface area contributed by atoms with E-state index in [1.165, 1.54) is 45.3 Å². The molecule has 4 heteroatoms. The largest absolute Gasteiger partial charge is 0.409 e. The number of likely N-dealkylation sites (tertiary alicyclic amines) is 1. The fourth-order valence-electron chi connectivity index (χ4n) is 2.71. The molecule has 19 heavy (non-hydrogen) atoms. The second-order valence-corrected chi connectivity index (χ2v) is 6.70. The molecule has 1 unspecified atom stereocenters. The third-order valence-corrected chi connectivity index (χ3v) is 4.44. The van der Waals surface area contributed by atoms with Gasteiger partial charge in [-0.15, -0.1) is 0 Å². The highest BCUT2D eigenvalue weighted by Crippen LogP contribution is 2.24. The first kappa shape index (κ1) is 16.3. The third-order valence-electron chi connectivity index (χ3n) is 4.44. The van der Waals surface area contributed by atoms with Gasteiger partial charge in [-0.2, -0.15) is 0 Å². The second-order valence-electron chi connectivity index (χ2n) is 6.70. The van der Waals surface area contributed by atoms with Crippen LogP contribution in [-0.4, -0.2) is 35.6 Å². The zero-order valence-electron chi connectivity index (χ0n) is 12.9. The van der Waals surface area contributed by atoms with Crippen molar-refractivity contribution in [2.75, 3.05) is 19.6 Å². The van der Waals surface area contributed by atoms with Crippen molar-refractivity contribution in [2.24, 2.45) is 22.2 Å². The molecule has 0 amide bonds. The van der Waals surface area contributed by atoms with Gasteiger partial charge in [-0.05, 0) is 57.7 Å². The molecule has 0 aromatic carbocycles. The molecule has 0 saturated carbocycles. The Morgan fingerprint density at radius 1 is 1.32 bits per heavy atom. The molecule has 0 aromatic rings. The van der Waals surface area contributed by atoms with E-state index in [0.717, 1.165) is 18.8 Å². The van der Waals surface area contributed by atoms with E-state index in [4.69, 9.17) is 10.9 Å². The molecular formula is C15H31N3O. The average Bonchev–Trinajstić information content (AvgIpc) is 2.58. The first-order chi connectivity index (χ1) is 8.95. The SMILES string of the molecule is CC1CCCN(CCCCC(C)(C)C(N)=NO)CC1. The molecule has 4 nitrogen and oxygen atoms in total. The molecule has 1 atom stereocenters. The van der Waals surface area contributed by atoms with Gasteiger partial charge in [0, 0.05) is 5.41 Å². The Balaban J connectivity index is 2.20. The van der Waals surface area contributed by atoms with E-state index in [1.807, 2.05) is 13.8 Å². The van der Waals surface area contributed by atoms with Crippen LogP contribution in [-0.2, 0) is 0 Å². The van der Waals surface area contributed by atoms with Crippen LogP contribution in [0.1, 0.15) is 59.3 Å². The Morgan fingerprint density at radius 3 is 2.74 bits per heavy atom. The van der Waals surface area contributed by atoms with Gasteiger partial charge >= 0.3 is 0 Å². The number of hydrogen-bond donors (Lipinski definition) is 2. The molecule has 0 aromatic heterocycles. The Labute approximate surface area is 118 Å². The predicted molar refractivity (Wildman–Crippen MR) is 80.5 cm³/mol. The summed E-state index contributed by atoms with van der Waals surface area (Å²) in [4.78, 5) is 2.60. The van der Waals surface area contributed by atoms with Gasteiger partial charge in [-0.1, -0.05) is 32.3 Å². The van der Waals surface area contributed by atoms with Gasteiger partial charge in [0.15, 0.2) is 0 Å². The number of rotatable bonds is 6. The van der Waals surface area contributed by atoms with E-state index in [-0.39, 0.29) is 5.41 Å². The van der Waals surface area contributed by atoms with Crippen LogP contribution in [0.5, 0.6) is 0 Å². The van der Waals surface area contributed by atoms with Crippen LogP contribution in [0.3, 0.4) is 0 Å². The van der Waals surface area contributed by atoms with Crippen LogP contribution >= 0.6 is 0 Å². The van der Waals surface area contributed by atoms with Crippen molar-refractivity contribution in [3.8, 4) is 0 Å². The van der Waals surface area contributed by atoms with Crippen LogP contribution in [0.15, 0.2) is 5.16 Å². The number of nitrogens with two attached hydrogens (primary N) is 1. The lowest BCUT2D eigenvalue weighted by atomic mass is 9.86. The highest BCUT2D eigenvalue weighted by Gasteiger charge is 2.23. The van der Waals surface area contributed by atoms with Gasteiger partial charge in [-0.3, -0.25) is 0 Å². The highest BCUT2D eigenvalue weighted by molar-refractivity contribution is 5.85. The maximum absolute atomic E-state index is 8.74. The summed E-state index contributed by atoms with van der Waals surface area (Å²) < 4.78 is 0. The Hall–Kier alpha value is -0.770. The van der Waals surface area contributed by atoms with Crippen LogP contribution in [0.4, 0.5) is 0 Å². The van der Waals surface area contributed by atoms with E-state index >= 15 is 0 Å². The number of amidine groups is 1. The third kappa shape index (κ3) is 5.81. The van der Waals surface area contributed by atoms with Crippen molar-refractivity contribution < 1.29 is 5.21 Å². The summed E-state index contributed by atoms with van der Waals surface area (Å²) in [5.41, 5.74) is 5.51. The zero-order valence-corrected chi connectivity index (χ0v) is 12.9. The molecule has 1 aliphatic rings. The normalized spacial score (nSPS) is 23.3. The molecular weight excluding hydrogens is 238 g/mol. The monoisotopic (exact) mass is 269 g/mol. The molecule has 112 valence electrons. The van der Waals surface area contributed by atoms with Crippen molar-refractivity contribution in [2.45, 2.75) is 59.3 Å². The summed E-state index contributed by atoms with van der Waals surface area (Å²) >= 11 is 0. The van der Waals surface area contributed by atoms with Gasteiger partial charge in [0.1, 0.15) is 5.84 Å². The predicted octanol–water partition coefficient (Wildman–Crippen LogP) is 3.05. The van der Waals surface area contributed by atoms with Crippen LogP contribution in [0.2, 0.25) is 0 Å². The summed E-state index contributed by atoms with van der Waals surface area (Å²) in [6.07, 6.45) is 7.39. The summed E-state index contributed by atoms with van der Waals surface area (Å²) in [7, 11) is 0. The minimum absolute atomic E-state index is 0.192. The van der Waals surface area contributed by atoms with Gasteiger partial charge in [0.2, 0.25) is 0 Å². The molecule has 0 aliphatic carbocycles. The number of unbranched alkanes of at least 4 members (excludes halogenated alkanes) is 1. The topological polar surface area (TPSA) is 61.8 Å². The molecule has 1 heterocycles. The van der Waals surface area contributed by atoms with Gasteiger partial charge in [0.25, 0.3) is 0 Å². The van der Waals surface area contributed by atoms with Crippen molar-refractivity contribution in [3.05, 3.63) is 0 Å². The van der Waals surface area contributed by atoms with E-state index in [0.29, 0.717) is 5.84 Å². The summed E-state index contributed by atoms with van der Waals surface area (Å²) in [5, 5.41) is 11.9. The van der Waals surface area contributed by atoms with Crippen molar-refractivity contribution in [1.82, 2.24) is 4.90 Å². The number of nitrogens with zero attached hydrogens (tertiary/aromatic N) is 2. The lowest BCUT2D eigenvalue weighted by Crippen LogP contribution is -2.32. The van der Waals surface area contributed by atoms with Crippen LogP contribution in [0.25, 0.3) is 0 Å². The first-order valence-electron chi connectivity index (χ1n) is 7.66. The lowest BCUT2D eigenvalue weighted by molar-refractivity contribution is 0.268. The Morgan fingerprint density at radius 2 is 2.05 bits per heavy atom. The fourth-order valence-corrected chi connectivity index (χ4v) is 2.71. The molecule has 1 saturated heterocycles. The first-order valence-corrected chi connectivity index (χ1v) is 7.66. The average molecular weight is 269 g/mol. The molecule has 1 fully saturated rings. The smallest absolute Gasteiger partial charge is 0.144 e. The highest BCUT2D eigenvalue weighted by atomic mass is 16.4. The molecule has 0 radical (unpaired) electrons. The molecule has 3 N–H and O–H groups in total. The minimum Gasteiger partial charge on any atom is -0.409 e. The fraction of sp³-hybridized carbons (Fsp3) is 0.933. The van der Waals surface area contributed by atoms with Gasteiger partial charge in [0.05, 0.1) is 0 Å². The standard InChI is InChI=1S/C15H31N3O/c1-13-7-6-11-18(12-8-13)10-5-4-9-15(2,3)14(16)17-19/h13,19H,4-12H2,1-3H3,(H2,16,17). The molecule has 0 bridgehead atoms. The number of oxime groups is 1. The maximum Gasteiger partial charge on any atom is 0.144 e. The van der Waals surface area contributed by atoms with E-state index < -0.39 is 0 Å². The summed E-state index contributed by atoms with van der Waals surface area (Å²) in [6.45, 7) is 10.1. The van der Waals surface area contributed by atoms with E-state index in [9.17, 15) is 0 Å². The van der Waals surface area contributed by atoms with Crippen molar-refractivity contribution in [3.63, 3.8) is 0 Å². The second kappa shape index (κ2) is 7.73. The van der Waals surface area contributed by atoms with E-state index in [1.54, 1.807) is 0 Å². The Kier molecular flexibility index (Phi) is 6.63. The summed E-state index contributed by atoms with van der Waals surface area (Å²) in [5.74, 6) is 1.24. The van der Waals surface area contributed by atoms with E-state index in [2.05, 4.69) is 17.0 Å². The quantitative estimate of drug-likeness (QED) is 0.256. The molecule has 1 aliphatic heterocycles. The van der Waals surface area contributed by atoms with Crippen LogP contribution in [0, 0.1) is 11.3 Å². The minimum atomic E-state index is -0.192. The lowest BCUT2D eigenvalue weighted by Gasteiger charge is -2.24. The zero-order chi connectivity index (χ0) is 14.3. The van der Waals surface area contributed by atoms with Crippen LogP contribution < -0.4 is 5.73 Å². The van der Waals surface area contributed by atoms with Gasteiger partial charge in [-0.25, -0.2) is 0 Å². The van der Waals surface area contributed by atoms with Gasteiger partial charge < -0.3 is 15.8 Å². The van der Waals surface area contributed by atoms with Crippen molar-refractivity contribution >= 4 is 5.84 Å². The Bertz CT molecular complexity index is 289.